The van der Waals surface area contributed by atoms with E-state index in [4.69, 9.17) is 4.74 Å². The van der Waals surface area contributed by atoms with Crippen molar-refractivity contribution in [1.82, 2.24) is 4.57 Å². The molecule has 0 fully saturated rings. The number of rotatable bonds is 1. The standard InChI is InChI=1S/C19H14N2O2/c1-23-12-8-9-15-17(11-12)21-18(16-7-4-10-20(15)16)13-5-2-3-6-14(13)19(21)22/h2-11,18H,1H3. The fourth-order valence-electron chi connectivity index (χ4n) is 3.72. The van der Waals surface area contributed by atoms with Gasteiger partial charge in [-0.25, -0.2) is 0 Å². The zero-order valence-electron chi connectivity index (χ0n) is 12.6. The van der Waals surface area contributed by atoms with E-state index in [9.17, 15) is 4.79 Å². The van der Waals surface area contributed by atoms with E-state index in [0.29, 0.717) is 0 Å². The Morgan fingerprint density at radius 1 is 1.00 bits per heavy atom. The lowest BCUT2D eigenvalue weighted by Crippen LogP contribution is -2.33. The lowest BCUT2D eigenvalue weighted by Gasteiger charge is -2.34. The molecule has 23 heavy (non-hydrogen) atoms. The van der Waals surface area contributed by atoms with Gasteiger partial charge in [0.25, 0.3) is 5.91 Å². The Kier molecular flexibility index (Phi) is 2.32. The number of amides is 1. The minimum Gasteiger partial charge on any atom is -0.497 e. The van der Waals surface area contributed by atoms with E-state index in [0.717, 1.165) is 33.9 Å². The van der Waals surface area contributed by atoms with Crippen molar-refractivity contribution in [3.05, 3.63) is 77.6 Å². The number of nitrogens with zero attached hydrogens (tertiary/aromatic N) is 2. The van der Waals surface area contributed by atoms with Crippen LogP contribution in [-0.2, 0) is 0 Å². The largest absolute Gasteiger partial charge is 0.497 e. The predicted octanol–water partition coefficient (Wildman–Crippen LogP) is 3.55. The Labute approximate surface area is 133 Å². The lowest BCUT2D eigenvalue weighted by atomic mass is 10.0. The molecule has 1 atom stereocenters. The molecule has 1 amide bonds. The van der Waals surface area contributed by atoms with Crippen LogP contribution >= 0.6 is 0 Å². The number of benzene rings is 2. The maximum absolute atomic E-state index is 13.0. The Morgan fingerprint density at radius 3 is 2.74 bits per heavy atom. The van der Waals surface area contributed by atoms with E-state index < -0.39 is 0 Å². The van der Waals surface area contributed by atoms with Crippen molar-refractivity contribution in [2.75, 3.05) is 12.0 Å². The molecule has 0 N–H and O–H groups in total. The highest BCUT2D eigenvalue weighted by Gasteiger charge is 2.43. The summed E-state index contributed by atoms with van der Waals surface area (Å²) >= 11 is 0. The van der Waals surface area contributed by atoms with Gasteiger partial charge in [-0.1, -0.05) is 18.2 Å². The molecule has 0 saturated carbocycles. The summed E-state index contributed by atoms with van der Waals surface area (Å²) < 4.78 is 7.52. The van der Waals surface area contributed by atoms with Crippen molar-refractivity contribution in [1.29, 1.82) is 0 Å². The summed E-state index contributed by atoms with van der Waals surface area (Å²) in [5.41, 5.74) is 4.84. The molecule has 0 bridgehead atoms. The summed E-state index contributed by atoms with van der Waals surface area (Å²) in [6.45, 7) is 0. The van der Waals surface area contributed by atoms with Crippen LogP contribution in [-0.4, -0.2) is 17.6 Å². The molecule has 1 aromatic heterocycles. The third kappa shape index (κ3) is 1.47. The minimum atomic E-state index is -0.0756. The molecular formula is C19H14N2O2. The van der Waals surface area contributed by atoms with Crippen LogP contribution in [0.3, 0.4) is 0 Å². The van der Waals surface area contributed by atoms with Gasteiger partial charge < -0.3 is 9.30 Å². The van der Waals surface area contributed by atoms with Crippen molar-refractivity contribution in [3.8, 4) is 11.4 Å². The highest BCUT2D eigenvalue weighted by molar-refractivity contribution is 6.13. The Bertz CT molecular complexity index is 958. The van der Waals surface area contributed by atoms with Crippen molar-refractivity contribution in [2.24, 2.45) is 0 Å². The summed E-state index contributed by atoms with van der Waals surface area (Å²) in [5.74, 6) is 0.800. The van der Waals surface area contributed by atoms with Crippen LogP contribution in [0.15, 0.2) is 60.8 Å². The molecule has 4 heteroatoms. The van der Waals surface area contributed by atoms with Gasteiger partial charge in [0.05, 0.1) is 24.2 Å². The highest BCUT2D eigenvalue weighted by Crippen LogP contribution is 2.48. The van der Waals surface area contributed by atoms with Gasteiger partial charge in [0, 0.05) is 17.8 Å². The van der Waals surface area contributed by atoms with E-state index in [2.05, 4.69) is 10.6 Å². The number of methoxy groups -OCH3 is 1. The summed E-state index contributed by atoms with van der Waals surface area (Å²) in [5, 5.41) is 0. The fraction of sp³-hybridized carbons (Fsp3) is 0.105. The number of hydrogen-bond acceptors (Lipinski definition) is 2. The zero-order chi connectivity index (χ0) is 15.6. The molecule has 1 unspecified atom stereocenters. The van der Waals surface area contributed by atoms with Gasteiger partial charge in [0.15, 0.2) is 0 Å². The van der Waals surface area contributed by atoms with E-state index in [1.165, 1.54) is 0 Å². The molecule has 0 spiro atoms. The van der Waals surface area contributed by atoms with Crippen LogP contribution in [0.5, 0.6) is 5.75 Å². The van der Waals surface area contributed by atoms with Gasteiger partial charge in [0.2, 0.25) is 0 Å². The summed E-state index contributed by atoms with van der Waals surface area (Å²) in [6, 6.07) is 17.8. The van der Waals surface area contributed by atoms with E-state index in [1.807, 2.05) is 59.6 Å². The Hall–Kier alpha value is -3.01. The van der Waals surface area contributed by atoms with Crippen molar-refractivity contribution < 1.29 is 9.53 Å². The SMILES string of the molecule is COc1ccc2c(c1)N1C(=O)c3ccccc3C1c1cccn1-2. The quantitative estimate of drug-likeness (QED) is 0.689. The van der Waals surface area contributed by atoms with Crippen molar-refractivity contribution >= 4 is 11.6 Å². The average molecular weight is 302 g/mol. The number of carbonyl (C=O) groups excluding carboxylic acids is 1. The van der Waals surface area contributed by atoms with E-state index >= 15 is 0 Å². The molecule has 2 aliphatic heterocycles. The smallest absolute Gasteiger partial charge is 0.259 e. The van der Waals surface area contributed by atoms with Gasteiger partial charge in [-0.05, 0) is 35.9 Å². The fourth-order valence-corrected chi connectivity index (χ4v) is 3.72. The first-order chi connectivity index (χ1) is 11.3. The second kappa shape index (κ2) is 4.26. The van der Waals surface area contributed by atoms with Crippen LogP contribution in [0.2, 0.25) is 0 Å². The van der Waals surface area contributed by atoms with Crippen LogP contribution < -0.4 is 9.64 Å². The topological polar surface area (TPSA) is 34.5 Å². The van der Waals surface area contributed by atoms with Crippen LogP contribution in [0.4, 0.5) is 5.69 Å². The molecule has 2 aromatic carbocycles. The molecule has 3 heterocycles. The van der Waals surface area contributed by atoms with Crippen LogP contribution in [0, 0.1) is 0 Å². The summed E-state index contributed by atoms with van der Waals surface area (Å²) in [6.07, 6.45) is 2.05. The van der Waals surface area contributed by atoms with Gasteiger partial charge in [-0.15, -0.1) is 0 Å². The van der Waals surface area contributed by atoms with Crippen LogP contribution in [0.1, 0.15) is 27.7 Å². The van der Waals surface area contributed by atoms with Crippen molar-refractivity contribution in [2.45, 2.75) is 6.04 Å². The van der Waals surface area contributed by atoms with Gasteiger partial charge >= 0.3 is 0 Å². The summed E-state index contributed by atoms with van der Waals surface area (Å²) in [7, 11) is 1.64. The van der Waals surface area contributed by atoms with Crippen LogP contribution in [0.25, 0.3) is 5.69 Å². The normalized spacial score (nSPS) is 17.3. The molecule has 5 rings (SSSR count). The Balaban J connectivity index is 1.85. The molecule has 2 aliphatic rings. The molecule has 112 valence electrons. The second-order valence-electron chi connectivity index (χ2n) is 5.82. The molecule has 4 nitrogen and oxygen atoms in total. The first kappa shape index (κ1) is 12.5. The number of aromatic nitrogens is 1. The van der Waals surface area contributed by atoms with Gasteiger partial charge in [-0.2, -0.15) is 0 Å². The maximum Gasteiger partial charge on any atom is 0.259 e. The maximum atomic E-state index is 13.0. The van der Waals surface area contributed by atoms with Crippen molar-refractivity contribution in [3.63, 3.8) is 0 Å². The minimum absolute atomic E-state index is 0.0487. The second-order valence-corrected chi connectivity index (χ2v) is 5.82. The van der Waals surface area contributed by atoms with E-state index in [-0.39, 0.29) is 11.9 Å². The number of anilines is 1. The monoisotopic (exact) mass is 302 g/mol. The highest BCUT2D eigenvalue weighted by atomic mass is 16.5. The molecule has 0 radical (unpaired) electrons. The summed E-state index contributed by atoms with van der Waals surface area (Å²) in [4.78, 5) is 14.9. The number of carbonyl (C=O) groups is 1. The van der Waals surface area contributed by atoms with E-state index in [1.54, 1.807) is 7.11 Å². The molecule has 3 aromatic rings. The van der Waals surface area contributed by atoms with Gasteiger partial charge in [-0.3, -0.25) is 9.69 Å². The zero-order valence-corrected chi connectivity index (χ0v) is 12.6. The number of ether oxygens (including phenoxy) is 1. The number of fused-ring (bicyclic) bond motifs is 8. The molecule has 0 saturated heterocycles. The lowest BCUT2D eigenvalue weighted by molar-refractivity contribution is 0.0992. The first-order valence-corrected chi connectivity index (χ1v) is 7.58. The predicted molar refractivity (Wildman–Crippen MR) is 87.4 cm³/mol. The average Bonchev–Trinajstić information content (AvgIpc) is 3.18. The Morgan fingerprint density at radius 2 is 1.87 bits per heavy atom. The molecular weight excluding hydrogens is 288 g/mol. The third-order valence-corrected chi connectivity index (χ3v) is 4.72. The number of hydrogen-bond donors (Lipinski definition) is 0. The third-order valence-electron chi connectivity index (χ3n) is 4.72. The van der Waals surface area contributed by atoms with Gasteiger partial charge in [0.1, 0.15) is 11.8 Å². The first-order valence-electron chi connectivity index (χ1n) is 7.58. The molecule has 0 aliphatic carbocycles.